The van der Waals surface area contributed by atoms with E-state index in [0.29, 0.717) is 50.0 Å². The highest BCUT2D eigenvalue weighted by Crippen LogP contribution is 2.35. The second-order valence-electron chi connectivity index (χ2n) is 6.80. The van der Waals surface area contributed by atoms with Crippen molar-refractivity contribution in [1.82, 2.24) is 4.90 Å². The lowest BCUT2D eigenvalue weighted by molar-refractivity contribution is -0.387. The SMILES string of the molecule is COc1ccc(N(CCN2CCOCC2)S(=O)(=O)c2ccccc2[N+](=O)[O-])cc1OC. The van der Waals surface area contributed by atoms with Crippen LogP contribution in [0, 0.1) is 10.1 Å². The van der Waals surface area contributed by atoms with Crippen molar-refractivity contribution in [3.63, 3.8) is 0 Å². The van der Waals surface area contributed by atoms with Crippen LogP contribution in [0.25, 0.3) is 0 Å². The van der Waals surface area contributed by atoms with E-state index in [0.717, 1.165) is 0 Å². The average molecular weight is 452 g/mol. The van der Waals surface area contributed by atoms with Gasteiger partial charge in [0, 0.05) is 38.3 Å². The number of sulfonamides is 1. The number of nitrogens with zero attached hydrogens (tertiary/aromatic N) is 3. The van der Waals surface area contributed by atoms with Crippen LogP contribution in [0.5, 0.6) is 11.5 Å². The summed E-state index contributed by atoms with van der Waals surface area (Å²) in [6, 6.07) is 10.1. The van der Waals surface area contributed by atoms with Gasteiger partial charge in [0.2, 0.25) is 0 Å². The second kappa shape index (κ2) is 9.94. The standard InChI is InChI=1S/C20H25N3O7S/c1-28-18-8-7-16(15-19(18)29-2)22(10-9-21-11-13-30-14-12-21)31(26,27)20-6-4-3-5-17(20)23(24)25/h3-8,15H,9-14H2,1-2H3. The lowest BCUT2D eigenvalue weighted by Crippen LogP contribution is -2.43. The minimum absolute atomic E-state index is 0.101. The average Bonchev–Trinajstić information content (AvgIpc) is 2.79. The first kappa shape index (κ1) is 22.8. The van der Waals surface area contributed by atoms with Crippen LogP contribution in [0.1, 0.15) is 0 Å². The predicted octanol–water partition coefficient (Wildman–Crippen LogP) is 2.14. The molecule has 10 nitrogen and oxygen atoms in total. The van der Waals surface area contributed by atoms with Crippen molar-refractivity contribution in [2.45, 2.75) is 4.90 Å². The van der Waals surface area contributed by atoms with E-state index < -0.39 is 20.6 Å². The molecule has 0 spiro atoms. The molecule has 168 valence electrons. The number of para-hydroxylation sites is 1. The van der Waals surface area contributed by atoms with Crippen molar-refractivity contribution in [3.05, 3.63) is 52.6 Å². The van der Waals surface area contributed by atoms with Crippen LogP contribution < -0.4 is 13.8 Å². The van der Waals surface area contributed by atoms with Crippen LogP contribution in [0.4, 0.5) is 11.4 Å². The molecule has 0 radical (unpaired) electrons. The lowest BCUT2D eigenvalue weighted by atomic mass is 10.2. The molecular formula is C20H25N3O7S. The highest BCUT2D eigenvalue weighted by atomic mass is 32.2. The van der Waals surface area contributed by atoms with Gasteiger partial charge in [-0.25, -0.2) is 8.42 Å². The van der Waals surface area contributed by atoms with Gasteiger partial charge in [-0.15, -0.1) is 0 Å². The molecule has 31 heavy (non-hydrogen) atoms. The van der Waals surface area contributed by atoms with Crippen molar-refractivity contribution < 1.29 is 27.6 Å². The summed E-state index contributed by atoms with van der Waals surface area (Å²) in [7, 11) is -1.30. The first-order valence-electron chi connectivity index (χ1n) is 9.66. The molecule has 0 N–H and O–H groups in total. The molecule has 11 heteroatoms. The number of morpholine rings is 1. The molecule has 2 aromatic carbocycles. The number of nitro benzene ring substituents is 1. The zero-order valence-corrected chi connectivity index (χ0v) is 18.2. The van der Waals surface area contributed by atoms with E-state index >= 15 is 0 Å². The number of rotatable bonds is 9. The van der Waals surface area contributed by atoms with Gasteiger partial charge in [0.05, 0.1) is 38.0 Å². The van der Waals surface area contributed by atoms with E-state index in [1.54, 1.807) is 18.2 Å². The van der Waals surface area contributed by atoms with E-state index in [9.17, 15) is 18.5 Å². The van der Waals surface area contributed by atoms with Crippen LogP contribution in [0.2, 0.25) is 0 Å². The molecule has 0 aromatic heterocycles. The first-order chi connectivity index (χ1) is 14.9. The molecular weight excluding hydrogens is 426 g/mol. The molecule has 0 aliphatic carbocycles. The van der Waals surface area contributed by atoms with Gasteiger partial charge < -0.3 is 14.2 Å². The van der Waals surface area contributed by atoms with E-state index in [-0.39, 0.29) is 11.4 Å². The molecule has 1 fully saturated rings. The molecule has 0 amide bonds. The number of ether oxygens (including phenoxy) is 3. The van der Waals surface area contributed by atoms with E-state index in [2.05, 4.69) is 4.90 Å². The molecule has 0 unspecified atom stereocenters. The molecule has 1 aliphatic rings. The maximum Gasteiger partial charge on any atom is 0.289 e. The summed E-state index contributed by atoms with van der Waals surface area (Å²) in [5.41, 5.74) is -0.150. The molecule has 1 aliphatic heterocycles. The quantitative estimate of drug-likeness (QED) is 0.421. The maximum absolute atomic E-state index is 13.6. The summed E-state index contributed by atoms with van der Waals surface area (Å²) in [5.74, 6) is 0.802. The van der Waals surface area contributed by atoms with Crippen molar-refractivity contribution in [1.29, 1.82) is 0 Å². The zero-order valence-electron chi connectivity index (χ0n) is 17.4. The third-order valence-corrected chi connectivity index (χ3v) is 6.88. The summed E-state index contributed by atoms with van der Waals surface area (Å²) in [6.07, 6.45) is 0. The van der Waals surface area contributed by atoms with Crippen LogP contribution in [-0.2, 0) is 14.8 Å². The summed E-state index contributed by atoms with van der Waals surface area (Å²) in [4.78, 5) is 12.5. The number of nitro groups is 1. The number of methoxy groups -OCH3 is 2. The van der Waals surface area contributed by atoms with Crippen molar-refractivity contribution in [3.8, 4) is 11.5 Å². The van der Waals surface area contributed by atoms with Gasteiger partial charge in [-0.3, -0.25) is 19.3 Å². The highest BCUT2D eigenvalue weighted by Gasteiger charge is 2.32. The number of hydrogen-bond acceptors (Lipinski definition) is 8. The molecule has 1 saturated heterocycles. The van der Waals surface area contributed by atoms with Gasteiger partial charge >= 0.3 is 0 Å². The van der Waals surface area contributed by atoms with Gasteiger partial charge in [0.1, 0.15) is 0 Å². The Morgan fingerprint density at radius 1 is 1.10 bits per heavy atom. The fourth-order valence-corrected chi connectivity index (χ4v) is 4.98. The van der Waals surface area contributed by atoms with Gasteiger partial charge in [-0.1, -0.05) is 12.1 Å². The Hall–Kier alpha value is -2.89. The van der Waals surface area contributed by atoms with Crippen LogP contribution in [0.3, 0.4) is 0 Å². The normalized spacial score (nSPS) is 14.8. The minimum atomic E-state index is -4.24. The van der Waals surface area contributed by atoms with Gasteiger partial charge in [-0.2, -0.15) is 0 Å². The van der Waals surface area contributed by atoms with Crippen molar-refractivity contribution in [2.24, 2.45) is 0 Å². The first-order valence-corrected chi connectivity index (χ1v) is 11.1. The fourth-order valence-electron chi connectivity index (χ4n) is 3.37. The van der Waals surface area contributed by atoms with E-state index in [1.165, 1.54) is 42.8 Å². The Kier molecular flexibility index (Phi) is 7.31. The van der Waals surface area contributed by atoms with Gasteiger partial charge in [0.25, 0.3) is 15.7 Å². The third kappa shape index (κ3) is 5.06. The van der Waals surface area contributed by atoms with Gasteiger partial charge in [0.15, 0.2) is 16.4 Å². The Morgan fingerprint density at radius 2 is 1.77 bits per heavy atom. The van der Waals surface area contributed by atoms with E-state index in [1.807, 2.05) is 0 Å². The molecule has 0 bridgehead atoms. The fraction of sp³-hybridized carbons (Fsp3) is 0.400. The lowest BCUT2D eigenvalue weighted by Gasteiger charge is -2.30. The summed E-state index contributed by atoms with van der Waals surface area (Å²) in [5, 5.41) is 11.5. The second-order valence-corrected chi connectivity index (χ2v) is 8.63. The molecule has 0 atom stereocenters. The van der Waals surface area contributed by atoms with Crippen LogP contribution >= 0.6 is 0 Å². The highest BCUT2D eigenvalue weighted by molar-refractivity contribution is 7.93. The van der Waals surface area contributed by atoms with Crippen molar-refractivity contribution >= 4 is 21.4 Å². The summed E-state index contributed by atoms with van der Waals surface area (Å²) in [6.45, 7) is 3.07. The Balaban J connectivity index is 2.04. The smallest absolute Gasteiger partial charge is 0.289 e. The molecule has 2 aromatic rings. The molecule has 3 rings (SSSR count). The third-order valence-electron chi connectivity index (χ3n) is 5.01. The number of benzene rings is 2. The Morgan fingerprint density at radius 3 is 2.42 bits per heavy atom. The van der Waals surface area contributed by atoms with Crippen molar-refractivity contribution in [2.75, 3.05) is 57.9 Å². The largest absolute Gasteiger partial charge is 0.493 e. The van der Waals surface area contributed by atoms with E-state index in [4.69, 9.17) is 14.2 Å². The summed E-state index contributed by atoms with van der Waals surface area (Å²) >= 11 is 0. The summed E-state index contributed by atoms with van der Waals surface area (Å²) < 4.78 is 44.3. The number of hydrogen-bond donors (Lipinski definition) is 0. The molecule has 1 heterocycles. The monoisotopic (exact) mass is 451 g/mol. The van der Waals surface area contributed by atoms with Crippen LogP contribution in [-0.4, -0.2) is 71.9 Å². The topological polar surface area (TPSA) is 111 Å². The van der Waals surface area contributed by atoms with Gasteiger partial charge in [-0.05, 0) is 18.2 Å². The Labute approximate surface area is 181 Å². The number of anilines is 1. The zero-order chi connectivity index (χ0) is 22.4. The minimum Gasteiger partial charge on any atom is -0.493 e. The Bertz CT molecular complexity index is 1020. The predicted molar refractivity (Wildman–Crippen MR) is 114 cm³/mol. The van der Waals surface area contributed by atoms with Crippen LogP contribution in [0.15, 0.2) is 47.4 Å². The maximum atomic E-state index is 13.6. The molecule has 0 saturated carbocycles.